The molecule has 0 saturated heterocycles. The predicted molar refractivity (Wildman–Crippen MR) is 45.6 cm³/mol. The first-order valence-corrected chi connectivity index (χ1v) is 3.76. The number of hydrogen-bond acceptors (Lipinski definition) is 4. The summed E-state index contributed by atoms with van der Waals surface area (Å²) in [5, 5.41) is 6.28. The minimum atomic E-state index is -0.413. The Balaban J connectivity index is 2.65. The van der Waals surface area contributed by atoms with E-state index in [9.17, 15) is 4.79 Å². The van der Waals surface area contributed by atoms with Gasteiger partial charge in [0.25, 0.3) is 0 Å². The van der Waals surface area contributed by atoms with E-state index in [0.717, 1.165) is 0 Å². The van der Waals surface area contributed by atoms with E-state index >= 15 is 0 Å². The maximum Gasteiger partial charge on any atom is 0.362 e. The number of hydrazine groups is 1. The number of nitrogens with one attached hydrogen (secondary N) is 2. The van der Waals surface area contributed by atoms with Gasteiger partial charge in [-0.25, -0.2) is 15.7 Å². The summed E-state index contributed by atoms with van der Waals surface area (Å²) in [6.07, 6.45) is 0. The van der Waals surface area contributed by atoms with Crippen LogP contribution in [0, 0.1) is 5.92 Å². The fraction of sp³-hybridized carbons (Fsp3) is 0.667. The van der Waals surface area contributed by atoms with Crippen molar-refractivity contribution < 1.29 is 0 Å². The molecule has 0 aliphatic rings. The number of H-pyrrole nitrogens is 2. The lowest BCUT2D eigenvalue weighted by Gasteiger charge is -2.16. The Labute approximate surface area is 69.7 Å². The van der Waals surface area contributed by atoms with Crippen LogP contribution in [0.25, 0.3) is 0 Å². The van der Waals surface area contributed by atoms with E-state index < -0.39 is 5.69 Å². The SMILES string of the molecule is CC(C)CN(N)c1nc(=O)[nH][nH]1. The van der Waals surface area contributed by atoms with Gasteiger partial charge in [-0.1, -0.05) is 13.8 Å². The molecule has 0 atom stereocenters. The zero-order valence-corrected chi connectivity index (χ0v) is 7.16. The summed E-state index contributed by atoms with van der Waals surface area (Å²) >= 11 is 0. The molecule has 1 heterocycles. The number of nitrogens with zero attached hydrogens (tertiary/aromatic N) is 2. The Kier molecular flexibility index (Phi) is 2.49. The molecule has 68 valence electrons. The number of rotatable bonds is 3. The minimum absolute atomic E-state index is 0.369. The summed E-state index contributed by atoms with van der Waals surface area (Å²) in [4.78, 5) is 14.2. The third-order valence-corrected chi connectivity index (χ3v) is 1.32. The summed E-state index contributed by atoms with van der Waals surface area (Å²) in [6.45, 7) is 4.72. The lowest BCUT2D eigenvalue weighted by molar-refractivity contribution is 0.612. The van der Waals surface area contributed by atoms with Gasteiger partial charge in [0, 0.05) is 6.54 Å². The average molecular weight is 171 g/mol. The largest absolute Gasteiger partial charge is 0.362 e. The van der Waals surface area contributed by atoms with Crippen molar-refractivity contribution in [2.45, 2.75) is 13.8 Å². The van der Waals surface area contributed by atoms with Crippen molar-refractivity contribution in [1.29, 1.82) is 0 Å². The van der Waals surface area contributed by atoms with Crippen molar-refractivity contribution in [2.75, 3.05) is 11.6 Å². The van der Waals surface area contributed by atoms with Gasteiger partial charge in [-0.05, 0) is 5.92 Å². The monoisotopic (exact) mass is 171 g/mol. The molecule has 0 radical (unpaired) electrons. The molecule has 0 spiro atoms. The fourth-order valence-electron chi connectivity index (χ4n) is 0.877. The molecule has 0 aliphatic heterocycles. The topological polar surface area (TPSA) is 90.8 Å². The molecular formula is C6H13N5O. The Hall–Kier alpha value is -1.30. The van der Waals surface area contributed by atoms with E-state index in [1.807, 2.05) is 13.8 Å². The molecule has 1 rings (SSSR count). The summed E-state index contributed by atoms with van der Waals surface area (Å²) < 4.78 is 0. The van der Waals surface area contributed by atoms with Gasteiger partial charge in [-0.2, -0.15) is 4.98 Å². The Morgan fingerprint density at radius 2 is 2.25 bits per heavy atom. The first-order valence-electron chi connectivity index (χ1n) is 3.76. The normalized spacial score (nSPS) is 10.7. The minimum Gasteiger partial charge on any atom is -0.279 e. The molecule has 0 unspecified atom stereocenters. The maximum atomic E-state index is 10.6. The van der Waals surface area contributed by atoms with E-state index in [0.29, 0.717) is 18.4 Å². The third-order valence-electron chi connectivity index (χ3n) is 1.32. The van der Waals surface area contributed by atoms with Gasteiger partial charge in [0.15, 0.2) is 0 Å². The van der Waals surface area contributed by atoms with Crippen LogP contribution in [0.1, 0.15) is 13.8 Å². The first-order chi connectivity index (χ1) is 5.59. The number of hydrogen-bond donors (Lipinski definition) is 3. The Bertz CT molecular complexity index is 288. The predicted octanol–water partition coefficient (Wildman–Crippen LogP) is -0.566. The molecule has 4 N–H and O–H groups in total. The first kappa shape index (κ1) is 8.79. The van der Waals surface area contributed by atoms with Crippen LogP contribution in [-0.4, -0.2) is 21.7 Å². The molecule has 6 nitrogen and oxygen atoms in total. The van der Waals surface area contributed by atoms with Crippen LogP contribution < -0.4 is 16.5 Å². The van der Waals surface area contributed by atoms with E-state index in [1.165, 1.54) is 5.01 Å². The van der Waals surface area contributed by atoms with Crippen molar-refractivity contribution in [3.05, 3.63) is 10.5 Å². The van der Waals surface area contributed by atoms with Crippen LogP contribution >= 0.6 is 0 Å². The van der Waals surface area contributed by atoms with Gasteiger partial charge in [0.05, 0.1) is 0 Å². The second-order valence-corrected chi connectivity index (χ2v) is 3.04. The van der Waals surface area contributed by atoms with Gasteiger partial charge < -0.3 is 0 Å². The molecule has 0 amide bonds. The van der Waals surface area contributed by atoms with E-state index in [1.54, 1.807) is 0 Å². The third kappa shape index (κ3) is 2.09. The molecular weight excluding hydrogens is 158 g/mol. The number of anilines is 1. The van der Waals surface area contributed by atoms with Crippen LogP contribution in [0.5, 0.6) is 0 Å². The highest BCUT2D eigenvalue weighted by Crippen LogP contribution is 2.00. The number of aromatic nitrogens is 3. The molecule has 12 heavy (non-hydrogen) atoms. The van der Waals surface area contributed by atoms with Crippen LogP contribution in [-0.2, 0) is 0 Å². The van der Waals surface area contributed by atoms with Crippen LogP contribution in [0.4, 0.5) is 5.95 Å². The number of nitrogens with two attached hydrogens (primary N) is 1. The standard InChI is InChI=1S/C6H13N5O/c1-4(2)3-11(7)5-8-6(12)10-9-5/h4H,3,7H2,1-2H3,(H2,8,9,10,12). The van der Waals surface area contributed by atoms with Crippen LogP contribution in [0.2, 0.25) is 0 Å². The van der Waals surface area contributed by atoms with Gasteiger partial charge >= 0.3 is 5.69 Å². The van der Waals surface area contributed by atoms with Crippen molar-refractivity contribution >= 4 is 5.95 Å². The van der Waals surface area contributed by atoms with Crippen molar-refractivity contribution in [2.24, 2.45) is 11.8 Å². The van der Waals surface area contributed by atoms with E-state index in [-0.39, 0.29) is 0 Å². The molecule has 0 bridgehead atoms. The van der Waals surface area contributed by atoms with Crippen molar-refractivity contribution in [3.63, 3.8) is 0 Å². The quantitative estimate of drug-likeness (QED) is 0.419. The second kappa shape index (κ2) is 3.40. The zero-order chi connectivity index (χ0) is 9.14. The highest BCUT2D eigenvalue weighted by Gasteiger charge is 2.06. The molecule has 6 heteroatoms. The summed E-state index contributed by atoms with van der Waals surface area (Å²) in [5.74, 6) is 6.39. The van der Waals surface area contributed by atoms with Gasteiger partial charge in [-0.15, -0.1) is 0 Å². The number of aromatic amines is 2. The fourth-order valence-corrected chi connectivity index (χ4v) is 0.877. The summed E-state index contributed by atoms with van der Waals surface area (Å²) in [5.41, 5.74) is -0.413. The lowest BCUT2D eigenvalue weighted by Crippen LogP contribution is -2.35. The van der Waals surface area contributed by atoms with Crippen LogP contribution in [0.3, 0.4) is 0 Å². The van der Waals surface area contributed by atoms with E-state index in [2.05, 4.69) is 15.2 Å². The van der Waals surface area contributed by atoms with Crippen molar-refractivity contribution in [3.8, 4) is 0 Å². The van der Waals surface area contributed by atoms with Crippen LogP contribution in [0.15, 0.2) is 4.79 Å². The molecule has 1 aromatic rings. The average Bonchev–Trinajstić information content (AvgIpc) is 2.34. The Morgan fingerprint density at radius 3 is 2.67 bits per heavy atom. The molecule has 0 saturated carbocycles. The highest BCUT2D eigenvalue weighted by atomic mass is 16.1. The molecule has 1 aromatic heterocycles. The summed E-state index contributed by atoms with van der Waals surface area (Å²) in [7, 11) is 0. The van der Waals surface area contributed by atoms with Gasteiger partial charge in [0.2, 0.25) is 5.95 Å². The molecule has 0 aliphatic carbocycles. The highest BCUT2D eigenvalue weighted by molar-refractivity contribution is 5.23. The zero-order valence-electron chi connectivity index (χ0n) is 7.16. The van der Waals surface area contributed by atoms with Crippen molar-refractivity contribution in [1.82, 2.24) is 15.2 Å². The van der Waals surface area contributed by atoms with E-state index in [4.69, 9.17) is 5.84 Å². The summed E-state index contributed by atoms with van der Waals surface area (Å²) in [6, 6.07) is 0. The van der Waals surface area contributed by atoms with Gasteiger partial charge in [0.1, 0.15) is 0 Å². The smallest absolute Gasteiger partial charge is 0.279 e. The maximum absolute atomic E-state index is 10.6. The lowest BCUT2D eigenvalue weighted by atomic mass is 10.2. The molecule has 0 aromatic carbocycles. The molecule has 0 fully saturated rings. The van der Waals surface area contributed by atoms with Gasteiger partial charge in [-0.3, -0.25) is 10.1 Å². The second-order valence-electron chi connectivity index (χ2n) is 3.04. The Morgan fingerprint density at radius 1 is 1.58 bits per heavy atom.